The van der Waals surface area contributed by atoms with E-state index in [1.165, 1.54) is 0 Å². The van der Waals surface area contributed by atoms with Crippen LogP contribution in [0.5, 0.6) is 0 Å². The third-order valence-electron chi connectivity index (χ3n) is 1.19. The monoisotopic (exact) mass is 177 g/mol. The number of halogens is 1. The fourth-order valence-electron chi connectivity index (χ4n) is 0.529. The molecule has 0 saturated carbocycles. The summed E-state index contributed by atoms with van der Waals surface area (Å²) in [6.07, 6.45) is 0. The summed E-state index contributed by atoms with van der Waals surface area (Å²) in [4.78, 5) is 10.5. The van der Waals surface area contributed by atoms with Crippen molar-refractivity contribution in [3.8, 4) is 0 Å². The van der Waals surface area contributed by atoms with Gasteiger partial charge in [-0.2, -0.15) is 0 Å². The predicted octanol–water partition coefficient (Wildman–Crippen LogP) is 1.19. The maximum atomic E-state index is 10.5. The topological polar surface area (TPSA) is 49.3 Å². The van der Waals surface area contributed by atoms with Gasteiger partial charge in [0.1, 0.15) is 5.54 Å². The quantitative estimate of drug-likeness (QED) is 0.635. The van der Waals surface area contributed by atoms with Gasteiger partial charge in [0.25, 0.3) is 0 Å². The molecule has 0 rings (SSSR count). The number of carboxylic acid groups (broad SMARTS) is 1. The molecular weight excluding hydrogens is 166 g/mol. The van der Waals surface area contributed by atoms with Crippen molar-refractivity contribution in [2.45, 2.75) is 19.4 Å². The Kier molecular flexibility index (Phi) is 3.39. The first-order chi connectivity index (χ1) is 4.90. The molecular formula is C7H12ClNO2. The van der Waals surface area contributed by atoms with Crippen LogP contribution in [-0.4, -0.2) is 22.5 Å². The number of hydrogen-bond acceptors (Lipinski definition) is 2. The summed E-state index contributed by atoms with van der Waals surface area (Å²) in [7, 11) is 0. The van der Waals surface area contributed by atoms with E-state index < -0.39 is 11.5 Å². The average molecular weight is 178 g/mol. The van der Waals surface area contributed by atoms with Crippen molar-refractivity contribution >= 4 is 17.6 Å². The number of carbonyl (C=O) groups is 1. The molecule has 64 valence electrons. The van der Waals surface area contributed by atoms with Gasteiger partial charge in [-0.3, -0.25) is 0 Å². The Morgan fingerprint density at radius 1 is 1.73 bits per heavy atom. The zero-order chi connectivity index (χ0) is 9.07. The number of nitrogens with one attached hydrogen (secondary N) is 1. The summed E-state index contributed by atoms with van der Waals surface area (Å²) in [5.74, 6) is -0.708. The lowest BCUT2D eigenvalue weighted by molar-refractivity contribution is -0.143. The van der Waals surface area contributed by atoms with Crippen LogP contribution in [0.25, 0.3) is 0 Å². The number of carboxylic acids is 1. The molecule has 0 aliphatic carbocycles. The normalized spacial score (nSPS) is 10.8. The van der Waals surface area contributed by atoms with Crippen LogP contribution in [0.4, 0.5) is 0 Å². The number of hydrogen-bond donors (Lipinski definition) is 2. The maximum Gasteiger partial charge on any atom is 0.328 e. The minimum absolute atomic E-state index is 0.219. The van der Waals surface area contributed by atoms with E-state index in [-0.39, 0.29) is 5.88 Å². The lowest BCUT2D eigenvalue weighted by Crippen LogP contribution is -2.46. The van der Waals surface area contributed by atoms with E-state index in [4.69, 9.17) is 16.7 Å². The van der Waals surface area contributed by atoms with Crippen LogP contribution in [0, 0.1) is 0 Å². The van der Waals surface area contributed by atoms with Crippen LogP contribution in [-0.2, 0) is 4.79 Å². The van der Waals surface area contributed by atoms with Gasteiger partial charge in [0, 0.05) is 5.70 Å². The first-order valence-electron chi connectivity index (χ1n) is 3.15. The lowest BCUT2D eigenvalue weighted by Gasteiger charge is -2.22. The van der Waals surface area contributed by atoms with Crippen molar-refractivity contribution in [2.24, 2.45) is 0 Å². The Balaban J connectivity index is 4.12. The molecule has 4 heteroatoms. The summed E-state index contributed by atoms with van der Waals surface area (Å²) in [6.45, 7) is 6.63. The molecule has 3 nitrogen and oxygen atoms in total. The summed E-state index contributed by atoms with van der Waals surface area (Å²) >= 11 is 5.41. The molecule has 0 aliphatic heterocycles. The first-order valence-corrected chi connectivity index (χ1v) is 3.69. The van der Waals surface area contributed by atoms with Gasteiger partial charge in [-0.25, -0.2) is 4.79 Å². The molecule has 0 bridgehead atoms. The van der Waals surface area contributed by atoms with Gasteiger partial charge in [-0.1, -0.05) is 6.58 Å². The Morgan fingerprint density at radius 3 is 2.45 bits per heavy atom. The third-order valence-corrected chi connectivity index (χ3v) is 1.51. The summed E-state index contributed by atoms with van der Waals surface area (Å²) in [6, 6.07) is 0. The highest BCUT2D eigenvalue weighted by Gasteiger charge is 2.26. The van der Waals surface area contributed by atoms with E-state index in [0.29, 0.717) is 5.70 Å². The molecule has 11 heavy (non-hydrogen) atoms. The molecule has 0 aromatic rings. The standard InChI is InChI=1S/C7H12ClNO2/c1-5(4-8)9-7(2,3)6(10)11/h9H,1,4H2,2-3H3,(H,10,11). The Morgan fingerprint density at radius 2 is 2.18 bits per heavy atom. The maximum absolute atomic E-state index is 10.5. The van der Waals surface area contributed by atoms with E-state index in [1.807, 2.05) is 0 Å². The summed E-state index contributed by atoms with van der Waals surface area (Å²) in [5, 5.41) is 11.3. The second-order valence-corrected chi connectivity index (χ2v) is 3.06. The average Bonchev–Trinajstić information content (AvgIpc) is 1.86. The van der Waals surface area contributed by atoms with E-state index in [2.05, 4.69) is 11.9 Å². The van der Waals surface area contributed by atoms with Crippen molar-refractivity contribution in [2.75, 3.05) is 5.88 Å². The molecule has 0 saturated heterocycles. The molecule has 0 spiro atoms. The van der Waals surface area contributed by atoms with Crippen molar-refractivity contribution in [3.63, 3.8) is 0 Å². The zero-order valence-corrected chi connectivity index (χ0v) is 7.40. The lowest BCUT2D eigenvalue weighted by atomic mass is 10.1. The third kappa shape index (κ3) is 3.28. The Labute approximate surface area is 71.0 Å². The molecule has 0 atom stereocenters. The molecule has 0 aromatic heterocycles. The Bertz CT molecular complexity index is 177. The molecule has 0 heterocycles. The van der Waals surface area contributed by atoms with Crippen molar-refractivity contribution < 1.29 is 9.90 Å². The molecule has 0 radical (unpaired) electrons. The number of rotatable bonds is 4. The Hall–Kier alpha value is -0.700. The second kappa shape index (κ2) is 3.62. The van der Waals surface area contributed by atoms with Crippen LogP contribution < -0.4 is 5.32 Å². The number of alkyl halides is 1. The van der Waals surface area contributed by atoms with Gasteiger partial charge in [-0.15, -0.1) is 11.6 Å². The minimum Gasteiger partial charge on any atom is -0.480 e. The van der Waals surface area contributed by atoms with Crippen molar-refractivity contribution in [1.29, 1.82) is 0 Å². The summed E-state index contributed by atoms with van der Waals surface area (Å²) in [5.41, 5.74) is -0.481. The molecule has 0 unspecified atom stereocenters. The predicted molar refractivity (Wildman–Crippen MR) is 44.7 cm³/mol. The van der Waals surface area contributed by atoms with Crippen LogP contribution in [0.3, 0.4) is 0 Å². The van der Waals surface area contributed by atoms with Crippen LogP contribution in [0.15, 0.2) is 12.3 Å². The van der Waals surface area contributed by atoms with Gasteiger partial charge >= 0.3 is 5.97 Å². The molecule has 0 aromatic carbocycles. The van der Waals surface area contributed by atoms with Crippen molar-refractivity contribution in [1.82, 2.24) is 5.32 Å². The van der Waals surface area contributed by atoms with E-state index in [1.54, 1.807) is 13.8 Å². The van der Waals surface area contributed by atoms with Gasteiger partial charge in [0.05, 0.1) is 5.88 Å². The van der Waals surface area contributed by atoms with E-state index >= 15 is 0 Å². The van der Waals surface area contributed by atoms with E-state index in [9.17, 15) is 4.79 Å². The number of aliphatic carboxylic acids is 1. The SMILES string of the molecule is C=C(CCl)NC(C)(C)C(=O)O. The second-order valence-electron chi connectivity index (χ2n) is 2.79. The van der Waals surface area contributed by atoms with Gasteiger partial charge in [0.2, 0.25) is 0 Å². The smallest absolute Gasteiger partial charge is 0.328 e. The van der Waals surface area contributed by atoms with Crippen molar-refractivity contribution in [3.05, 3.63) is 12.3 Å². The van der Waals surface area contributed by atoms with E-state index in [0.717, 1.165) is 0 Å². The van der Waals surface area contributed by atoms with Gasteiger partial charge in [0.15, 0.2) is 0 Å². The van der Waals surface area contributed by atoms with Crippen LogP contribution in [0.1, 0.15) is 13.8 Å². The molecule has 0 amide bonds. The van der Waals surface area contributed by atoms with Gasteiger partial charge < -0.3 is 10.4 Å². The van der Waals surface area contributed by atoms with Gasteiger partial charge in [-0.05, 0) is 13.8 Å². The molecule has 0 fully saturated rings. The highest BCUT2D eigenvalue weighted by molar-refractivity contribution is 6.19. The highest BCUT2D eigenvalue weighted by atomic mass is 35.5. The fourth-order valence-corrected chi connectivity index (χ4v) is 0.596. The number of allylic oxidation sites excluding steroid dienone is 1. The molecule has 2 N–H and O–H groups in total. The summed E-state index contributed by atoms with van der Waals surface area (Å²) < 4.78 is 0. The largest absolute Gasteiger partial charge is 0.480 e. The molecule has 0 aliphatic rings. The van der Waals surface area contributed by atoms with Crippen LogP contribution in [0.2, 0.25) is 0 Å². The highest BCUT2D eigenvalue weighted by Crippen LogP contribution is 2.05. The zero-order valence-electron chi connectivity index (χ0n) is 6.65. The fraction of sp³-hybridized carbons (Fsp3) is 0.571. The minimum atomic E-state index is -0.994. The van der Waals surface area contributed by atoms with Crippen LogP contribution >= 0.6 is 11.6 Å². The first kappa shape index (κ1) is 10.3.